The van der Waals surface area contributed by atoms with Crippen LogP contribution < -0.4 is 10.6 Å². The Morgan fingerprint density at radius 1 is 0.880 bits per heavy atom. The maximum Gasteiger partial charge on any atom is 0.338 e. The first-order valence-corrected chi connectivity index (χ1v) is 17.4. The Morgan fingerprint density at radius 3 is 2.40 bits per heavy atom. The third-order valence-electron chi connectivity index (χ3n) is 9.76. The van der Waals surface area contributed by atoms with Crippen LogP contribution in [0, 0.1) is 11.8 Å². The molecule has 3 aromatic carbocycles. The quantitative estimate of drug-likeness (QED) is 0.188. The molecule has 0 aromatic heterocycles. The van der Waals surface area contributed by atoms with Crippen LogP contribution in [0.4, 0.5) is 0 Å². The van der Waals surface area contributed by atoms with E-state index in [4.69, 9.17) is 19.3 Å². The van der Waals surface area contributed by atoms with Gasteiger partial charge in [-0.05, 0) is 85.2 Å². The van der Waals surface area contributed by atoms with Crippen LogP contribution in [0.1, 0.15) is 69.5 Å². The van der Waals surface area contributed by atoms with E-state index in [9.17, 15) is 19.5 Å². The van der Waals surface area contributed by atoms with Crippen LogP contribution in [0.25, 0.3) is 6.08 Å². The molecule has 1 saturated heterocycles. The van der Waals surface area contributed by atoms with Crippen LogP contribution >= 0.6 is 0 Å². The molecular formula is C40H42N2O8. The van der Waals surface area contributed by atoms with Crippen molar-refractivity contribution in [3.8, 4) is 5.75 Å². The van der Waals surface area contributed by atoms with Crippen molar-refractivity contribution in [2.75, 3.05) is 13.2 Å². The number of benzene rings is 3. The van der Waals surface area contributed by atoms with Crippen LogP contribution in [0.2, 0.25) is 0 Å². The van der Waals surface area contributed by atoms with Crippen molar-refractivity contribution in [2.45, 2.75) is 69.2 Å². The fraction of sp³-hybridized carbons (Fsp3) is 0.375. The number of hydrogen-bond donors (Lipinski definition) is 4. The largest absolute Gasteiger partial charge is 0.508 e. The Morgan fingerprint density at radius 2 is 1.64 bits per heavy atom. The minimum absolute atomic E-state index is 0.153. The topological polar surface area (TPSA) is 143 Å². The van der Waals surface area contributed by atoms with Crippen molar-refractivity contribution in [1.82, 2.24) is 10.6 Å². The maximum absolute atomic E-state index is 13.6. The number of aliphatic hydroxyl groups excluding tert-OH is 1. The van der Waals surface area contributed by atoms with E-state index < -0.39 is 30.1 Å². The predicted molar refractivity (Wildman–Crippen MR) is 185 cm³/mol. The molecule has 0 bridgehead atoms. The summed E-state index contributed by atoms with van der Waals surface area (Å²) in [5.41, 5.74) is 3.62. The Kier molecular flexibility index (Phi) is 9.85. The molecule has 1 aliphatic heterocycles. The van der Waals surface area contributed by atoms with E-state index in [0.29, 0.717) is 35.0 Å². The van der Waals surface area contributed by atoms with Gasteiger partial charge < -0.3 is 35.1 Å². The van der Waals surface area contributed by atoms with E-state index in [0.717, 1.165) is 42.4 Å². The molecule has 0 unspecified atom stereocenters. The Hall–Kier alpha value is -4.77. The number of allylic oxidation sites excluding steroid dienone is 1. The van der Waals surface area contributed by atoms with E-state index >= 15 is 0 Å². The second kappa shape index (κ2) is 14.6. The summed E-state index contributed by atoms with van der Waals surface area (Å²) in [4.78, 5) is 39.6. The van der Waals surface area contributed by atoms with E-state index in [2.05, 4.69) is 10.6 Å². The van der Waals surface area contributed by atoms with E-state index in [1.807, 2.05) is 42.5 Å². The number of fused-ring (bicyclic) bond motifs is 1. The van der Waals surface area contributed by atoms with Crippen molar-refractivity contribution < 1.29 is 38.8 Å². The highest BCUT2D eigenvalue weighted by Gasteiger charge is 2.64. The van der Waals surface area contributed by atoms with Gasteiger partial charge in [0.2, 0.25) is 5.91 Å². The third-order valence-corrected chi connectivity index (χ3v) is 9.76. The first kappa shape index (κ1) is 33.7. The molecule has 7 rings (SSSR count). The zero-order valence-electron chi connectivity index (χ0n) is 27.8. The molecule has 3 aliphatic carbocycles. The fourth-order valence-corrected chi connectivity index (χ4v) is 6.94. The van der Waals surface area contributed by atoms with Gasteiger partial charge >= 0.3 is 5.97 Å². The molecule has 2 amide bonds. The monoisotopic (exact) mass is 678 g/mol. The molecule has 3 atom stereocenters. The lowest BCUT2D eigenvalue weighted by Gasteiger charge is -2.31. The summed E-state index contributed by atoms with van der Waals surface area (Å²) in [6, 6.07) is 21.3. The number of phenolic OH excluding ortho intramolecular Hbond substituents is 1. The number of esters is 1. The summed E-state index contributed by atoms with van der Waals surface area (Å²) >= 11 is 0. The van der Waals surface area contributed by atoms with Crippen LogP contribution in [-0.4, -0.2) is 65.2 Å². The van der Waals surface area contributed by atoms with Crippen molar-refractivity contribution >= 4 is 23.9 Å². The first-order valence-electron chi connectivity index (χ1n) is 17.4. The maximum atomic E-state index is 13.6. The summed E-state index contributed by atoms with van der Waals surface area (Å²) in [6.45, 7) is 0.183. The van der Waals surface area contributed by atoms with Gasteiger partial charge in [-0.2, -0.15) is 0 Å². The Bertz CT molecular complexity index is 1800. The zero-order chi connectivity index (χ0) is 34.7. The predicted octanol–water partition coefficient (Wildman–Crippen LogP) is 4.84. The molecular weight excluding hydrogens is 636 g/mol. The van der Waals surface area contributed by atoms with Crippen LogP contribution in [-0.2, 0) is 32.0 Å². The van der Waals surface area contributed by atoms with Gasteiger partial charge in [0.15, 0.2) is 5.79 Å². The Balaban J connectivity index is 1.05. The number of nitrogens with one attached hydrogen (secondary N) is 2. The summed E-state index contributed by atoms with van der Waals surface area (Å²) < 4.78 is 19.6. The molecule has 3 aromatic rings. The van der Waals surface area contributed by atoms with Crippen molar-refractivity contribution in [1.29, 1.82) is 0 Å². The van der Waals surface area contributed by atoms with Gasteiger partial charge in [-0.15, -0.1) is 0 Å². The molecule has 0 spiro atoms. The summed E-state index contributed by atoms with van der Waals surface area (Å²) in [5, 5.41) is 24.7. The number of amides is 2. The molecule has 4 N–H and O–H groups in total. The number of phenols is 1. The van der Waals surface area contributed by atoms with Gasteiger partial charge in [-0.1, -0.05) is 54.6 Å². The molecule has 10 heteroatoms. The van der Waals surface area contributed by atoms with E-state index in [1.165, 1.54) is 0 Å². The smallest absolute Gasteiger partial charge is 0.338 e. The number of ether oxygens (including phenoxy) is 3. The SMILES string of the molecule is O=C(NCc1cccc(C(=O)NCCO)c1)C1=C[C@H]2OC(C3CC3)(C3CC3)O[C@H]2[C@H](OC(=O)c2cccc(C=CCc3ccccc3O)c2)C1. The number of hydrogen-bond acceptors (Lipinski definition) is 8. The van der Waals surface area contributed by atoms with Crippen LogP contribution in [0.15, 0.2) is 90.5 Å². The molecule has 50 heavy (non-hydrogen) atoms. The fourth-order valence-electron chi connectivity index (χ4n) is 6.94. The van der Waals surface area contributed by atoms with Crippen LogP contribution in [0.5, 0.6) is 5.75 Å². The van der Waals surface area contributed by atoms with Gasteiger partial charge in [0.25, 0.3) is 5.91 Å². The van der Waals surface area contributed by atoms with Gasteiger partial charge in [0, 0.05) is 42.5 Å². The van der Waals surface area contributed by atoms with Crippen LogP contribution in [0.3, 0.4) is 0 Å². The molecule has 10 nitrogen and oxygen atoms in total. The Labute approximate surface area is 291 Å². The second-order valence-electron chi connectivity index (χ2n) is 13.5. The van der Waals surface area contributed by atoms with Crippen molar-refractivity contribution in [2.24, 2.45) is 11.8 Å². The molecule has 3 fully saturated rings. The van der Waals surface area contributed by atoms with Crippen molar-refractivity contribution in [3.05, 3.63) is 118 Å². The average Bonchev–Trinajstić information content (AvgIpc) is 4.08. The zero-order valence-corrected chi connectivity index (χ0v) is 27.8. The summed E-state index contributed by atoms with van der Waals surface area (Å²) in [5.74, 6) is -1.01. The lowest BCUT2D eigenvalue weighted by atomic mass is 9.91. The number of aromatic hydroxyl groups is 1. The summed E-state index contributed by atoms with van der Waals surface area (Å²) in [7, 11) is 0. The van der Waals surface area contributed by atoms with E-state index in [-0.39, 0.29) is 43.7 Å². The van der Waals surface area contributed by atoms with Gasteiger partial charge in [0.1, 0.15) is 24.1 Å². The molecule has 4 aliphatic rings. The number of rotatable bonds is 13. The molecule has 2 saturated carbocycles. The second-order valence-corrected chi connectivity index (χ2v) is 13.5. The average molecular weight is 679 g/mol. The first-order chi connectivity index (χ1) is 24.3. The standard InChI is InChI=1S/C40H42N2O8/c43-19-18-41-37(45)28-11-5-8-26(21-28)24-42-38(46)30-22-34(36-35(23-30)49-40(50-36,31-14-15-31)32-16-17-32)48-39(47)29-12-4-7-25(20-29)6-3-10-27-9-1-2-13-33(27)44/h1-9,11-13,20-21,23,31-32,34-36,43-44H,10,14-19,22,24H2,(H,41,45)(H,42,46)/t34-,35-,36+/m1/s1. The normalized spacial score (nSPS) is 22.4. The number of carbonyl (C=O) groups is 3. The van der Waals surface area contributed by atoms with Gasteiger partial charge in [-0.3, -0.25) is 9.59 Å². The molecule has 1 heterocycles. The minimum Gasteiger partial charge on any atom is -0.508 e. The molecule has 260 valence electrons. The molecule has 0 radical (unpaired) electrons. The number of carbonyl (C=O) groups excluding carboxylic acids is 3. The third kappa shape index (κ3) is 7.52. The lowest BCUT2D eigenvalue weighted by molar-refractivity contribution is -0.209. The minimum atomic E-state index is -0.739. The van der Waals surface area contributed by atoms with Gasteiger partial charge in [-0.25, -0.2) is 4.79 Å². The number of aliphatic hydroxyl groups is 1. The number of para-hydroxylation sites is 1. The lowest BCUT2D eigenvalue weighted by Crippen LogP contribution is -2.44. The van der Waals surface area contributed by atoms with Crippen molar-refractivity contribution in [3.63, 3.8) is 0 Å². The van der Waals surface area contributed by atoms with Gasteiger partial charge in [0.05, 0.1) is 12.2 Å². The highest BCUT2D eigenvalue weighted by Crippen LogP contribution is 2.59. The van der Waals surface area contributed by atoms with E-state index in [1.54, 1.807) is 48.5 Å². The highest BCUT2D eigenvalue weighted by molar-refractivity contribution is 5.95. The highest BCUT2D eigenvalue weighted by atomic mass is 16.8. The summed E-state index contributed by atoms with van der Waals surface area (Å²) in [6.07, 6.45) is 8.65.